The minimum Gasteiger partial charge on any atom is -0.378 e. The zero-order valence-corrected chi connectivity index (χ0v) is 11.1. The van der Waals surface area contributed by atoms with E-state index in [1.807, 2.05) is 0 Å². The van der Waals surface area contributed by atoms with Gasteiger partial charge in [0.1, 0.15) is 0 Å². The zero-order valence-electron chi connectivity index (χ0n) is 11.1. The van der Waals surface area contributed by atoms with Crippen LogP contribution in [0.3, 0.4) is 0 Å². The summed E-state index contributed by atoms with van der Waals surface area (Å²) >= 11 is 0. The first-order valence-corrected chi connectivity index (χ1v) is 7.22. The minimum absolute atomic E-state index is 0.849. The minimum atomic E-state index is 0.849. The molecule has 98 valence electrons. The third-order valence-electron chi connectivity index (χ3n) is 4.30. The number of aromatic nitrogens is 1. The van der Waals surface area contributed by atoms with E-state index in [2.05, 4.69) is 34.1 Å². The number of hydrogen-bond donors (Lipinski definition) is 0. The van der Waals surface area contributed by atoms with Crippen LogP contribution < -0.4 is 9.88 Å². The number of pyridine rings is 1. The molecule has 2 heterocycles. The van der Waals surface area contributed by atoms with Gasteiger partial charge in [-0.1, -0.05) is 12.1 Å². The number of morpholine rings is 1. The second-order valence-corrected chi connectivity index (χ2v) is 5.43. The van der Waals surface area contributed by atoms with Crippen LogP contribution in [0.1, 0.15) is 17.7 Å². The fourth-order valence-electron chi connectivity index (χ4n) is 3.41. The lowest BCUT2D eigenvalue weighted by Crippen LogP contribution is -2.37. The molecule has 0 saturated carbocycles. The molecular formula is C16H19N2O+. The molecule has 0 radical (unpaired) electrons. The largest absolute Gasteiger partial charge is 0.378 e. The summed E-state index contributed by atoms with van der Waals surface area (Å²) in [6.45, 7) is 3.73. The first kappa shape index (κ1) is 11.2. The molecule has 1 aromatic heterocycles. The number of nitrogens with one attached hydrogen (secondary N) is 1. The molecule has 3 heteroatoms. The van der Waals surface area contributed by atoms with Crippen molar-refractivity contribution in [1.82, 2.24) is 0 Å². The molecule has 4 rings (SSSR count). The number of nitrogens with zero attached hydrogens (tertiary/aromatic N) is 1. The normalized spacial score (nSPS) is 18.8. The van der Waals surface area contributed by atoms with E-state index in [0.29, 0.717) is 0 Å². The Morgan fingerprint density at radius 1 is 1.05 bits per heavy atom. The predicted molar refractivity (Wildman–Crippen MR) is 75.6 cm³/mol. The van der Waals surface area contributed by atoms with E-state index in [4.69, 9.17) is 4.74 Å². The van der Waals surface area contributed by atoms with E-state index < -0.39 is 0 Å². The fraction of sp³-hybridized carbons (Fsp3) is 0.438. The molecule has 0 bridgehead atoms. The van der Waals surface area contributed by atoms with Crippen molar-refractivity contribution in [3.05, 3.63) is 35.5 Å². The van der Waals surface area contributed by atoms with Gasteiger partial charge >= 0.3 is 0 Å². The molecule has 0 spiro atoms. The molecule has 0 amide bonds. The Balaban J connectivity index is 1.95. The molecule has 2 aliphatic rings. The summed E-state index contributed by atoms with van der Waals surface area (Å²) in [5.41, 5.74) is 5.72. The van der Waals surface area contributed by atoms with Crippen LogP contribution >= 0.6 is 0 Å². The lowest BCUT2D eigenvalue weighted by atomic mass is 10.1. The molecule has 19 heavy (non-hydrogen) atoms. The Kier molecular flexibility index (Phi) is 2.66. The number of ether oxygens (including phenoxy) is 1. The smallest absolute Gasteiger partial charge is 0.213 e. The zero-order chi connectivity index (χ0) is 12.7. The Hall–Kier alpha value is -1.61. The quantitative estimate of drug-likeness (QED) is 0.779. The second kappa shape index (κ2) is 4.49. The van der Waals surface area contributed by atoms with Crippen LogP contribution in [0.25, 0.3) is 10.9 Å². The molecule has 1 saturated heterocycles. The Bertz CT molecular complexity index is 617. The maximum Gasteiger partial charge on any atom is 0.213 e. The molecule has 2 aromatic rings. The summed E-state index contributed by atoms with van der Waals surface area (Å²) < 4.78 is 5.50. The molecule has 1 aliphatic heterocycles. The molecule has 0 unspecified atom stereocenters. The number of fused-ring (bicyclic) bond motifs is 2. The van der Waals surface area contributed by atoms with Crippen molar-refractivity contribution in [2.45, 2.75) is 19.3 Å². The molecule has 0 atom stereocenters. The van der Waals surface area contributed by atoms with Crippen molar-refractivity contribution in [2.24, 2.45) is 0 Å². The number of aryl methyl sites for hydroxylation is 1. The first-order valence-electron chi connectivity index (χ1n) is 7.22. The average molecular weight is 255 g/mol. The monoisotopic (exact) mass is 255 g/mol. The molecule has 3 nitrogen and oxygen atoms in total. The summed E-state index contributed by atoms with van der Waals surface area (Å²) in [5.74, 6) is 0. The third kappa shape index (κ3) is 1.80. The number of H-pyrrole nitrogens is 1. The highest BCUT2D eigenvalue weighted by molar-refractivity contribution is 5.92. The highest BCUT2D eigenvalue weighted by Gasteiger charge is 2.27. The third-order valence-corrected chi connectivity index (χ3v) is 4.30. The summed E-state index contributed by atoms with van der Waals surface area (Å²) in [4.78, 5) is 6.15. The highest BCUT2D eigenvalue weighted by atomic mass is 16.5. The van der Waals surface area contributed by atoms with E-state index in [-0.39, 0.29) is 0 Å². The van der Waals surface area contributed by atoms with Crippen molar-refractivity contribution < 1.29 is 9.72 Å². The number of hydrogen-bond acceptors (Lipinski definition) is 2. The van der Waals surface area contributed by atoms with E-state index in [9.17, 15) is 0 Å². The van der Waals surface area contributed by atoms with Gasteiger partial charge in [0.05, 0.1) is 24.3 Å². The Morgan fingerprint density at radius 2 is 1.89 bits per heavy atom. The van der Waals surface area contributed by atoms with Gasteiger partial charge in [0.2, 0.25) is 5.52 Å². The van der Waals surface area contributed by atoms with Gasteiger partial charge in [0.15, 0.2) is 5.69 Å². The van der Waals surface area contributed by atoms with E-state index in [1.165, 1.54) is 41.5 Å². The van der Waals surface area contributed by atoms with Crippen LogP contribution in [-0.4, -0.2) is 26.3 Å². The topological polar surface area (TPSA) is 26.6 Å². The van der Waals surface area contributed by atoms with Crippen LogP contribution in [0.15, 0.2) is 24.3 Å². The number of rotatable bonds is 1. The van der Waals surface area contributed by atoms with Crippen LogP contribution in [0, 0.1) is 0 Å². The van der Waals surface area contributed by atoms with Crippen molar-refractivity contribution in [1.29, 1.82) is 0 Å². The van der Waals surface area contributed by atoms with Gasteiger partial charge in [-0.3, -0.25) is 0 Å². The fourth-order valence-corrected chi connectivity index (χ4v) is 3.41. The number of para-hydroxylation sites is 1. The molecule has 1 aliphatic carbocycles. The number of anilines is 1. The number of aromatic amines is 1. The SMILES string of the molecule is c1ccc2c(N3CCOCC3)c3c([nH+]c2c1)CCC3. The van der Waals surface area contributed by atoms with Gasteiger partial charge in [-0.2, -0.15) is 0 Å². The lowest BCUT2D eigenvalue weighted by Gasteiger charge is -2.30. The second-order valence-electron chi connectivity index (χ2n) is 5.43. The van der Waals surface area contributed by atoms with Crippen LogP contribution in [-0.2, 0) is 17.6 Å². The summed E-state index contributed by atoms with van der Waals surface area (Å²) in [6.07, 6.45) is 3.68. The molecule has 1 aromatic carbocycles. The van der Waals surface area contributed by atoms with E-state index in [0.717, 1.165) is 26.3 Å². The van der Waals surface area contributed by atoms with Crippen LogP contribution in [0.5, 0.6) is 0 Å². The van der Waals surface area contributed by atoms with Gasteiger partial charge in [-0.25, -0.2) is 4.98 Å². The highest BCUT2D eigenvalue weighted by Crippen LogP contribution is 2.35. The maximum atomic E-state index is 5.50. The molecule has 1 fully saturated rings. The van der Waals surface area contributed by atoms with Gasteiger partial charge in [0, 0.05) is 31.1 Å². The van der Waals surface area contributed by atoms with Crippen LogP contribution in [0.4, 0.5) is 5.69 Å². The molecular weight excluding hydrogens is 236 g/mol. The van der Waals surface area contributed by atoms with Crippen molar-refractivity contribution in [3.8, 4) is 0 Å². The Labute approximate surface area is 113 Å². The standard InChI is InChI=1S/C16H18N2O/c1-2-6-14-12(4-1)16(18-8-10-19-11-9-18)13-5-3-7-15(13)17-14/h1-2,4,6H,3,5,7-11H2/p+1. The summed E-state index contributed by atoms with van der Waals surface area (Å²) in [7, 11) is 0. The van der Waals surface area contributed by atoms with Gasteiger partial charge in [-0.05, 0) is 18.9 Å². The van der Waals surface area contributed by atoms with Crippen molar-refractivity contribution >= 4 is 16.6 Å². The van der Waals surface area contributed by atoms with Crippen LogP contribution in [0.2, 0.25) is 0 Å². The average Bonchev–Trinajstić information content (AvgIpc) is 2.93. The summed E-state index contributed by atoms with van der Waals surface area (Å²) in [6, 6.07) is 8.69. The Morgan fingerprint density at radius 3 is 2.79 bits per heavy atom. The molecule has 1 N–H and O–H groups in total. The van der Waals surface area contributed by atoms with E-state index in [1.54, 1.807) is 5.56 Å². The van der Waals surface area contributed by atoms with Crippen molar-refractivity contribution in [3.63, 3.8) is 0 Å². The predicted octanol–water partition coefficient (Wildman–Crippen LogP) is 1.98. The van der Waals surface area contributed by atoms with Crippen molar-refractivity contribution in [2.75, 3.05) is 31.2 Å². The summed E-state index contributed by atoms with van der Waals surface area (Å²) in [5, 5.41) is 1.37. The van der Waals surface area contributed by atoms with Gasteiger partial charge in [-0.15, -0.1) is 0 Å². The lowest BCUT2D eigenvalue weighted by molar-refractivity contribution is -0.356. The number of benzene rings is 1. The maximum absolute atomic E-state index is 5.50. The van der Waals surface area contributed by atoms with Gasteiger partial charge in [0.25, 0.3) is 0 Å². The van der Waals surface area contributed by atoms with Gasteiger partial charge < -0.3 is 9.64 Å². The first-order chi connectivity index (χ1) is 9.43. The van der Waals surface area contributed by atoms with E-state index >= 15 is 0 Å².